The van der Waals surface area contributed by atoms with E-state index in [0.29, 0.717) is 39.6 Å². The number of carbonyl (C=O) groups is 2. The molecule has 4 aliphatic rings. The summed E-state index contributed by atoms with van der Waals surface area (Å²) in [6.07, 6.45) is 4.67. The van der Waals surface area contributed by atoms with Crippen LogP contribution >= 0.6 is 0 Å². The van der Waals surface area contributed by atoms with Gasteiger partial charge in [0, 0.05) is 51.4 Å². The Bertz CT molecular complexity index is 785. The fraction of sp³-hybridized carbons (Fsp3) is 0.696. The number of pyridine rings is 1. The largest absolute Gasteiger partial charge is 0.378 e. The van der Waals surface area contributed by atoms with Crippen LogP contribution in [0.1, 0.15) is 59.5 Å². The van der Waals surface area contributed by atoms with Crippen molar-refractivity contribution in [3.63, 3.8) is 0 Å². The highest BCUT2D eigenvalue weighted by Gasteiger charge is 2.42. The zero-order chi connectivity index (χ0) is 22.0. The van der Waals surface area contributed by atoms with Gasteiger partial charge in [-0.1, -0.05) is 6.07 Å². The monoisotopic (exact) mass is 445 g/mol. The summed E-state index contributed by atoms with van der Waals surface area (Å²) in [6, 6.07) is 4.98. The molecule has 0 aromatic carbocycles. The van der Waals surface area contributed by atoms with E-state index in [1.807, 2.05) is 0 Å². The van der Waals surface area contributed by atoms with Crippen molar-refractivity contribution in [2.45, 2.75) is 61.8 Å². The third-order valence-electron chi connectivity index (χ3n) is 7.00. The summed E-state index contributed by atoms with van der Waals surface area (Å²) in [5, 5.41) is 6.14. The molecule has 174 valence electrons. The molecule has 0 radical (unpaired) electrons. The van der Waals surface area contributed by atoms with Gasteiger partial charge in [0.15, 0.2) is 0 Å². The van der Waals surface area contributed by atoms with Gasteiger partial charge in [-0.15, -0.1) is 0 Å². The van der Waals surface area contributed by atoms with E-state index in [9.17, 15) is 9.59 Å². The Balaban J connectivity index is 1.19. The summed E-state index contributed by atoms with van der Waals surface area (Å²) >= 11 is 0. The van der Waals surface area contributed by atoms with Crippen LogP contribution in [-0.4, -0.2) is 79.7 Å². The van der Waals surface area contributed by atoms with Gasteiger partial charge in [-0.05, 0) is 37.8 Å². The molecule has 32 heavy (non-hydrogen) atoms. The SMILES string of the molecule is O=C(NC1CCOC2(CCOC2)C1)c1cccc(C(=O)NC2CCOC3(CCOC3)C2)n1. The predicted octanol–water partition coefficient (Wildman–Crippen LogP) is 1.22. The van der Waals surface area contributed by atoms with Crippen molar-refractivity contribution in [2.24, 2.45) is 0 Å². The molecule has 0 bridgehead atoms. The molecule has 4 saturated heterocycles. The Morgan fingerprint density at radius 1 is 0.812 bits per heavy atom. The van der Waals surface area contributed by atoms with E-state index in [4.69, 9.17) is 18.9 Å². The van der Waals surface area contributed by atoms with Gasteiger partial charge < -0.3 is 29.6 Å². The molecule has 1 aromatic heterocycles. The minimum absolute atomic E-state index is 0.00397. The Morgan fingerprint density at radius 2 is 1.31 bits per heavy atom. The average Bonchev–Trinajstić information content (AvgIpc) is 3.44. The predicted molar refractivity (Wildman–Crippen MR) is 113 cm³/mol. The summed E-state index contributed by atoms with van der Waals surface area (Å²) in [4.78, 5) is 30.0. The summed E-state index contributed by atoms with van der Waals surface area (Å²) in [7, 11) is 0. The minimum Gasteiger partial charge on any atom is -0.378 e. The molecule has 0 aliphatic carbocycles. The second-order valence-corrected chi connectivity index (χ2v) is 9.40. The number of aromatic nitrogens is 1. The van der Waals surface area contributed by atoms with Gasteiger partial charge in [0.05, 0.1) is 24.4 Å². The van der Waals surface area contributed by atoms with Gasteiger partial charge in [-0.3, -0.25) is 9.59 Å². The third-order valence-corrected chi connectivity index (χ3v) is 7.00. The van der Waals surface area contributed by atoms with Crippen molar-refractivity contribution < 1.29 is 28.5 Å². The number of carbonyl (C=O) groups excluding carboxylic acids is 2. The van der Waals surface area contributed by atoms with E-state index in [1.165, 1.54) is 0 Å². The van der Waals surface area contributed by atoms with Crippen LogP contribution in [0.15, 0.2) is 18.2 Å². The highest BCUT2D eigenvalue weighted by atomic mass is 16.6. The first-order valence-corrected chi connectivity index (χ1v) is 11.6. The number of rotatable bonds is 4. The summed E-state index contributed by atoms with van der Waals surface area (Å²) in [6.45, 7) is 3.74. The first-order chi connectivity index (χ1) is 15.5. The molecular weight excluding hydrogens is 414 g/mol. The van der Waals surface area contributed by atoms with E-state index in [0.717, 1.165) is 38.5 Å². The fourth-order valence-corrected chi connectivity index (χ4v) is 5.23. The first kappa shape index (κ1) is 21.8. The summed E-state index contributed by atoms with van der Waals surface area (Å²) < 4.78 is 22.9. The van der Waals surface area contributed by atoms with Crippen molar-refractivity contribution >= 4 is 11.8 Å². The molecule has 5 rings (SSSR count). The van der Waals surface area contributed by atoms with Gasteiger partial charge in [-0.2, -0.15) is 0 Å². The first-order valence-electron chi connectivity index (χ1n) is 11.6. The zero-order valence-electron chi connectivity index (χ0n) is 18.3. The van der Waals surface area contributed by atoms with Crippen LogP contribution in [0.3, 0.4) is 0 Å². The van der Waals surface area contributed by atoms with Crippen LogP contribution < -0.4 is 10.6 Å². The summed E-state index contributed by atoms with van der Waals surface area (Å²) in [5.41, 5.74) is -0.0740. The van der Waals surface area contributed by atoms with Crippen LogP contribution in [-0.2, 0) is 18.9 Å². The van der Waals surface area contributed by atoms with Gasteiger partial charge in [0.25, 0.3) is 11.8 Å². The Hall–Kier alpha value is -2.07. The number of nitrogens with zero attached hydrogens (tertiary/aromatic N) is 1. The fourth-order valence-electron chi connectivity index (χ4n) is 5.23. The Labute approximate surface area is 187 Å². The smallest absolute Gasteiger partial charge is 0.270 e. The van der Waals surface area contributed by atoms with Crippen molar-refractivity contribution in [2.75, 3.05) is 39.6 Å². The van der Waals surface area contributed by atoms with Crippen molar-refractivity contribution in [3.05, 3.63) is 29.6 Å². The summed E-state index contributed by atoms with van der Waals surface area (Å²) in [5.74, 6) is -0.539. The number of nitrogens with one attached hydrogen (secondary N) is 2. The lowest BCUT2D eigenvalue weighted by atomic mass is 9.89. The minimum atomic E-state index is -0.281. The van der Waals surface area contributed by atoms with Crippen LogP contribution in [0.5, 0.6) is 0 Å². The van der Waals surface area contributed by atoms with E-state index in [-0.39, 0.29) is 46.5 Å². The van der Waals surface area contributed by atoms with E-state index < -0.39 is 0 Å². The molecule has 9 nitrogen and oxygen atoms in total. The quantitative estimate of drug-likeness (QED) is 0.717. The number of hydrogen-bond acceptors (Lipinski definition) is 7. The maximum absolute atomic E-state index is 12.8. The molecule has 2 N–H and O–H groups in total. The molecule has 4 atom stereocenters. The van der Waals surface area contributed by atoms with Crippen molar-refractivity contribution in [1.82, 2.24) is 15.6 Å². The standard InChI is InChI=1S/C23H31N3O6/c27-20(24-16-4-8-31-22(12-16)6-10-29-14-22)18-2-1-3-19(26-18)21(28)25-17-5-9-32-23(13-17)7-11-30-15-23/h1-3,16-17H,4-15H2,(H,24,27)(H,25,28). The normalized spacial score (nSPS) is 34.6. The van der Waals surface area contributed by atoms with Gasteiger partial charge in [0.1, 0.15) is 11.4 Å². The highest BCUT2D eigenvalue weighted by molar-refractivity contribution is 5.96. The molecule has 4 unspecified atom stereocenters. The number of ether oxygens (including phenoxy) is 4. The average molecular weight is 446 g/mol. The maximum Gasteiger partial charge on any atom is 0.270 e. The zero-order valence-corrected chi connectivity index (χ0v) is 18.3. The number of hydrogen-bond donors (Lipinski definition) is 2. The molecule has 0 saturated carbocycles. The lowest BCUT2D eigenvalue weighted by Crippen LogP contribution is -2.49. The van der Waals surface area contributed by atoms with Crippen LogP contribution in [0.4, 0.5) is 0 Å². The molecule has 2 spiro atoms. The Kier molecular flexibility index (Phi) is 6.16. The molecule has 1 aromatic rings. The van der Waals surface area contributed by atoms with Crippen LogP contribution in [0.25, 0.3) is 0 Å². The third kappa shape index (κ3) is 4.66. The second kappa shape index (κ2) is 9.05. The van der Waals surface area contributed by atoms with Crippen LogP contribution in [0, 0.1) is 0 Å². The van der Waals surface area contributed by atoms with Crippen molar-refractivity contribution in [3.8, 4) is 0 Å². The van der Waals surface area contributed by atoms with Crippen LogP contribution in [0.2, 0.25) is 0 Å². The maximum atomic E-state index is 12.8. The van der Waals surface area contributed by atoms with E-state index in [1.54, 1.807) is 18.2 Å². The second-order valence-electron chi connectivity index (χ2n) is 9.40. The molecule has 4 aliphatic heterocycles. The van der Waals surface area contributed by atoms with E-state index in [2.05, 4.69) is 15.6 Å². The molecule has 4 fully saturated rings. The topological polar surface area (TPSA) is 108 Å². The van der Waals surface area contributed by atoms with E-state index >= 15 is 0 Å². The Morgan fingerprint density at radius 3 is 1.75 bits per heavy atom. The van der Waals surface area contributed by atoms with Gasteiger partial charge >= 0.3 is 0 Å². The molecular formula is C23H31N3O6. The number of amides is 2. The highest BCUT2D eigenvalue weighted by Crippen LogP contribution is 2.34. The molecule has 2 amide bonds. The van der Waals surface area contributed by atoms with Gasteiger partial charge in [0.2, 0.25) is 0 Å². The lowest BCUT2D eigenvalue weighted by Gasteiger charge is -2.37. The van der Waals surface area contributed by atoms with Gasteiger partial charge in [-0.25, -0.2) is 4.98 Å². The lowest BCUT2D eigenvalue weighted by molar-refractivity contribution is -0.0883. The molecule has 5 heterocycles. The van der Waals surface area contributed by atoms with Crippen molar-refractivity contribution in [1.29, 1.82) is 0 Å². The molecule has 9 heteroatoms.